The average Bonchev–Trinajstić information content (AvgIpc) is 3.70. The van der Waals surface area contributed by atoms with E-state index in [4.69, 9.17) is 0 Å². The molecule has 0 unspecified atom stereocenters. The van der Waals surface area contributed by atoms with Gasteiger partial charge in [0.25, 0.3) is 0 Å². The summed E-state index contributed by atoms with van der Waals surface area (Å²) in [6.45, 7) is 18.4. The molecule has 0 aliphatic heterocycles. The van der Waals surface area contributed by atoms with E-state index in [0.717, 1.165) is 0 Å². The summed E-state index contributed by atoms with van der Waals surface area (Å²) in [6.07, 6.45) is 16.5. The Morgan fingerprint density at radius 2 is 0.839 bits per heavy atom. The van der Waals surface area contributed by atoms with Gasteiger partial charge in [-0.25, -0.2) is 0 Å². The maximum atomic E-state index is 2.49. The second-order valence-electron chi connectivity index (χ2n) is 18.2. The number of benzene rings is 4. The molecule has 0 radical (unpaired) electrons. The van der Waals surface area contributed by atoms with Crippen molar-refractivity contribution in [1.29, 1.82) is 0 Å². The van der Waals surface area contributed by atoms with E-state index in [0.29, 0.717) is 10.8 Å². The topological polar surface area (TPSA) is 0 Å². The fourth-order valence-electron chi connectivity index (χ4n) is 9.71. The average molecular weight is 879 g/mol. The molecular weight excluding hydrogens is 815 g/mol. The quantitative estimate of drug-likeness (QED) is 0.116. The molecule has 4 heteroatoms. The zero-order chi connectivity index (χ0) is 38.5. The van der Waals surface area contributed by atoms with E-state index >= 15 is 0 Å². The van der Waals surface area contributed by atoms with E-state index in [1.165, 1.54) is 154 Å². The van der Waals surface area contributed by atoms with Gasteiger partial charge in [0.15, 0.2) is 0 Å². The van der Waals surface area contributed by atoms with E-state index in [2.05, 4.69) is 152 Å². The third kappa shape index (κ3) is 12.4. The molecule has 6 aromatic carbocycles. The Kier molecular flexibility index (Phi) is 17.1. The van der Waals surface area contributed by atoms with Gasteiger partial charge in [-0.3, -0.25) is 0 Å². The first-order valence-corrected chi connectivity index (χ1v) is 27.0. The number of halogens is 2. The zero-order valence-electron chi connectivity index (χ0n) is 35.5. The van der Waals surface area contributed by atoms with E-state index in [9.17, 15) is 0 Å². The van der Waals surface area contributed by atoms with Crippen LogP contribution in [0.25, 0.3) is 43.8 Å². The number of rotatable bonds is 6. The molecule has 2 fully saturated rings. The Morgan fingerprint density at radius 1 is 0.518 bits per heavy atom. The van der Waals surface area contributed by atoms with Crippen LogP contribution in [0.2, 0.25) is 13.1 Å². The summed E-state index contributed by atoms with van der Waals surface area (Å²) in [7, 11) is 0. The molecule has 0 spiro atoms. The minimum atomic E-state index is 0. The molecule has 0 nitrogen and oxygen atoms in total. The van der Waals surface area contributed by atoms with Gasteiger partial charge in [0.05, 0.1) is 0 Å². The Morgan fingerprint density at radius 3 is 1.16 bits per heavy atom. The van der Waals surface area contributed by atoms with Gasteiger partial charge >= 0.3 is 41.9 Å². The standard InChI is InChI=1S/2C25H29.C2H6Si.2ClH.Zr/c2*1-18-12-19(2)14-22(13-18)23-9-7-8-21-15-20(16-24(21)23)17-25(3)10-5-4-6-11-25;1-3-2;;;/h2*7-9,12-16H,4-6,10-11,17H2,1-3H3;1-2H3;2*1H;/q2*-1;;;;+2/p-2. The normalized spacial score (nSPS) is 15.8. The predicted molar refractivity (Wildman–Crippen MR) is 236 cm³/mol. The first kappa shape index (κ1) is 46.5. The number of aryl methyl sites for hydroxylation is 4. The fourth-order valence-corrected chi connectivity index (χ4v) is 9.71. The molecule has 0 saturated heterocycles. The summed E-state index contributed by atoms with van der Waals surface area (Å²) in [6, 6.07) is 37.1. The van der Waals surface area contributed by atoms with Crippen molar-refractivity contribution in [3.05, 3.63) is 130 Å². The molecule has 8 rings (SSSR count). The molecule has 0 amide bonds. The van der Waals surface area contributed by atoms with Crippen molar-refractivity contribution >= 4 is 27.0 Å². The monoisotopic (exact) mass is 876 g/mol. The van der Waals surface area contributed by atoms with Crippen LogP contribution in [0.3, 0.4) is 0 Å². The van der Waals surface area contributed by atoms with Gasteiger partial charge in [-0.2, -0.15) is 12.1 Å². The summed E-state index contributed by atoms with van der Waals surface area (Å²) in [4.78, 5) is 0. The molecular formula is C52H64Cl2SiZr-2. The van der Waals surface area contributed by atoms with Crippen LogP contribution < -0.4 is 24.8 Å². The van der Waals surface area contributed by atoms with Crippen LogP contribution in [-0.2, 0) is 36.2 Å². The smallest absolute Gasteiger partial charge is 0.0274 e. The van der Waals surface area contributed by atoms with Crippen molar-refractivity contribution in [2.75, 3.05) is 0 Å². The summed E-state index contributed by atoms with van der Waals surface area (Å²) >= 11 is 1.74. The van der Waals surface area contributed by atoms with E-state index in [-0.39, 0.29) is 30.2 Å². The molecule has 56 heavy (non-hydrogen) atoms. The number of hydrogen-bond donors (Lipinski definition) is 0. The van der Waals surface area contributed by atoms with Crippen LogP contribution in [-0.4, -0.2) is 5.43 Å². The van der Waals surface area contributed by atoms with Crippen molar-refractivity contribution in [2.45, 2.75) is 132 Å². The minimum absolute atomic E-state index is 0. The van der Waals surface area contributed by atoms with Gasteiger partial charge in [-0.1, -0.05) is 134 Å². The Bertz CT molecular complexity index is 2010. The maximum absolute atomic E-state index is 2.49. The van der Waals surface area contributed by atoms with E-state index in [1.807, 2.05) is 0 Å². The molecule has 0 N–H and O–H groups in total. The molecule has 2 aliphatic carbocycles. The van der Waals surface area contributed by atoms with Crippen LogP contribution in [0.1, 0.15) is 111 Å². The largest absolute Gasteiger partial charge is 1.00 e. The third-order valence-electron chi connectivity index (χ3n) is 12.1. The van der Waals surface area contributed by atoms with Crippen molar-refractivity contribution in [3.63, 3.8) is 0 Å². The van der Waals surface area contributed by atoms with Gasteiger partial charge in [-0.15, -0.1) is 69.1 Å². The van der Waals surface area contributed by atoms with Crippen molar-refractivity contribution in [3.8, 4) is 22.3 Å². The summed E-state index contributed by atoms with van der Waals surface area (Å²) in [5.74, 6) is 0. The second kappa shape index (κ2) is 20.7. The Hall–Kier alpha value is -2.22. The van der Waals surface area contributed by atoms with Gasteiger partial charge in [-0.05, 0) is 88.2 Å². The minimum Gasteiger partial charge on any atom is -1.00 e. The molecule has 0 heterocycles. The van der Waals surface area contributed by atoms with Crippen LogP contribution in [0.4, 0.5) is 0 Å². The van der Waals surface area contributed by atoms with Crippen LogP contribution in [0, 0.1) is 38.5 Å². The SMILES string of the molecule is C[Si](C)=[Zr+2].Cc1cc(C)cc(-c2cccc3[cH-]c(CC4(C)CCCCC4)cc23)c1.Cc1cc(C)cc(-c2cccc3[cH-]c(CC4(C)CCCCC4)cc23)c1.[Cl-].[Cl-]. The first-order chi connectivity index (χ1) is 25.8. The first-order valence-electron chi connectivity index (χ1n) is 20.8. The fraction of sp³-hybridized carbons (Fsp3) is 0.423. The second-order valence-corrected chi connectivity index (χ2v) is 27.6. The third-order valence-corrected chi connectivity index (χ3v) is 12.1. The molecule has 0 bridgehead atoms. The number of hydrogen-bond acceptors (Lipinski definition) is 0. The Labute approximate surface area is 367 Å². The summed E-state index contributed by atoms with van der Waals surface area (Å²) < 4.78 is 0. The summed E-state index contributed by atoms with van der Waals surface area (Å²) in [5, 5.41) is 5.63. The van der Waals surface area contributed by atoms with Gasteiger partial charge in [0, 0.05) is 0 Å². The van der Waals surface area contributed by atoms with Crippen molar-refractivity contribution < 1.29 is 48.1 Å². The van der Waals surface area contributed by atoms with Gasteiger partial charge < -0.3 is 24.8 Å². The van der Waals surface area contributed by atoms with Gasteiger partial charge in [0.2, 0.25) is 0 Å². The van der Waals surface area contributed by atoms with Crippen LogP contribution in [0.15, 0.2) is 97.1 Å². The van der Waals surface area contributed by atoms with E-state index < -0.39 is 0 Å². The molecule has 2 aliphatic rings. The molecule has 0 aromatic heterocycles. The van der Waals surface area contributed by atoms with Crippen molar-refractivity contribution in [1.82, 2.24) is 0 Å². The van der Waals surface area contributed by atoms with Crippen LogP contribution in [0.5, 0.6) is 0 Å². The van der Waals surface area contributed by atoms with Crippen molar-refractivity contribution in [2.24, 2.45) is 10.8 Å². The Balaban J connectivity index is 0.000000220. The molecule has 6 aromatic rings. The predicted octanol–water partition coefficient (Wildman–Crippen LogP) is 9.50. The van der Waals surface area contributed by atoms with Crippen LogP contribution >= 0.6 is 0 Å². The number of fused-ring (bicyclic) bond motifs is 2. The van der Waals surface area contributed by atoms with Gasteiger partial charge in [0.1, 0.15) is 0 Å². The van der Waals surface area contributed by atoms with E-state index in [1.54, 1.807) is 23.3 Å². The molecule has 0 atom stereocenters. The summed E-state index contributed by atoms with van der Waals surface area (Å²) in [5.41, 5.74) is 15.1. The zero-order valence-corrected chi connectivity index (χ0v) is 40.4. The molecule has 296 valence electrons. The maximum Gasteiger partial charge on any atom is -0.0274 e. The molecule has 2 saturated carbocycles.